The van der Waals surface area contributed by atoms with E-state index in [1.165, 1.54) is 0 Å². The highest BCUT2D eigenvalue weighted by Crippen LogP contribution is 2.00. The molecule has 1 heterocycles. The summed E-state index contributed by atoms with van der Waals surface area (Å²) in [6, 6.07) is 0. The topological polar surface area (TPSA) is 47.6 Å². The Hall–Kier alpha value is -0.770. The monoisotopic (exact) mass is 117 g/mol. The Balaban J connectivity index is 2.32. The van der Waals surface area contributed by atoms with Gasteiger partial charge in [0.15, 0.2) is 6.23 Å². The molecule has 1 saturated heterocycles. The van der Waals surface area contributed by atoms with Gasteiger partial charge in [-0.25, -0.2) is 4.79 Å². The van der Waals surface area contributed by atoms with Crippen molar-refractivity contribution >= 4 is 6.16 Å². The van der Waals surface area contributed by atoms with Gasteiger partial charge in [-0.2, -0.15) is 0 Å². The summed E-state index contributed by atoms with van der Waals surface area (Å²) in [5, 5.41) is 2.73. The lowest BCUT2D eigenvalue weighted by Gasteiger charge is -1.99. The Morgan fingerprint density at radius 1 is 1.88 bits per heavy atom. The molecule has 0 aliphatic carbocycles. The summed E-state index contributed by atoms with van der Waals surface area (Å²) in [5.41, 5.74) is 0. The van der Waals surface area contributed by atoms with E-state index in [0.29, 0.717) is 6.61 Å². The second-order valence-electron chi connectivity index (χ2n) is 1.46. The lowest BCUT2D eigenvalue weighted by molar-refractivity contribution is 0.112. The molecule has 0 radical (unpaired) electrons. The zero-order chi connectivity index (χ0) is 5.98. The average Bonchev–Trinajstić information content (AvgIpc) is 2.14. The molecule has 0 aromatic heterocycles. The fourth-order valence-electron chi connectivity index (χ4n) is 0.470. The third-order valence-electron chi connectivity index (χ3n) is 0.913. The van der Waals surface area contributed by atoms with E-state index in [1.54, 1.807) is 7.05 Å². The summed E-state index contributed by atoms with van der Waals surface area (Å²) >= 11 is 0. The van der Waals surface area contributed by atoms with Gasteiger partial charge in [-0.1, -0.05) is 0 Å². The quantitative estimate of drug-likeness (QED) is 0.479. The SMILES string of the molecule is CNC1COC(=O)O1. The first kappa shape index (κ1) is 5.37. The highest BCUT2D eigenvalue weighted by Gasteiger charge is 2.22. The van der Waals surface area contributed by atoms with Crippen LogP contribution >= 0.6 is 0 Å². The fourth-order valence-corrected chi connectivity index (χ4v) is 0.470. The molecular weight excluding hydrogens is 110 g/mol. The van der Waals surface area contributed by atoms with Crippen molar-refractivity contribution in [2.24, 2.45) is 0 Å². The van der Waals surface area contributed by atoms with Gasteiger partial charge in [-0.05, 0) is 7.05 Å². The second-order valence-corrected chi connectivity index (χ2v) is 1.46. The predicted octanol–water partition coefficient (Wildman–Crippen LogP) is -0.301. The van der Waals surface area contributed by atoms with Gasteiger partial charge in [-0.3, -0.25) is 5.32 Å². The molecule has 4 nitrogen and oxygen atoms in total. The summed E-state index contributed by atoms with van der Waals surface area (Å²) in [7, 11) is 1.70. The molecule has 0 amide bonds. The fraction of sp³-hybridized carbons (Fsp3) is 0.750. The first-order valence-electron chi connectivity index (χ1n) is 2.33. The third kappa shape index (κ3) is 0.894. The van der Waals surface area contributed by atoms with Gasteiger partial charge in [0, 0.05) is 0 Å². The number of likely N-dealkylation sites (N-methyl/N-ethyl adjacent to an activating group) is 1. The van der Waals surface area contributed by atoms with E-state index in [0.717, 1.165) is 0 Å². The van der Waals surface area contributed by atoms with Gasteiger partial charge in [0.05, 0.1) is 0 Å². The number of nitrogens with one attached hydrogen (secondary N) is 1. The van der Waals surface area contributed by atoms with Crippen LogP contribution in [0.4, 0.5) is 4.79 Å². The summed E-state index contributed by atoms with van der Waals surface area (Å²) < 4.78 is 8.97. The van der Waals surface area contributed by atoms with Crippen molar-refractivity contribution in [3.05, 3.63) is 0 Å². The largest absolute Gasteiger partial charge is 0.510 e. The maximum absolute atomic E-state index is 10.1. The molecule has 0 bridgehead atoms. The molecule has 1 N–H and O–H groups in total. The van der Waals surface area contributed by atoms with Gasteiger partial charge in [0.2, 0.25) is 0 Å². The minimum atomic E-state index is -0.593. The zero-order valence-corrected chi connectivity index (χ0v) is 4.51. The number of rotatable bonds is 1. The minimum Gasteiger partial charge on any atom is -0.429 e. The smallest absolute Gasteiger partial charge is 0.429 e. The second kappa shape index (κ2) is 2.00. The Bertz CT molecular complexity index is 103. The van der Waals surface area contributed by atoms with E-state index in [1.807, 2.05) is 0 Å². The van der Waals surface area contributed by atoms with Crippen LogP contribution in [0.1, 0.15) is 0 Å². The summed E-state index contributed by atoms with van der Waals surface area (Å²) in [6.45, 7) is 0.315. The van der Waals surface area contributed by atoms with Crippen molar-refractivity contribution in [1.82, 2.24) is 5.32 Å². The van der Waals surface area contributed by atoms with E-state index in [4.69, 9.17) is 0 Å². The van der Waals surface area contributed by atoms with Crippen molar-refractivity contribution in [1.29, 1.82) is 0 Å². The Labute approximate surface area is 46.8 Å². The molecule has 1 unspecified atom stereocenters. The van der Waals surface area contributed by atoms with E-state index < -0.39 is 6.16 Å². The van der Waals surface area contributed by atoms with Crippen LogP contribution in [-0.4, -0.2) is 26.0 Å². The predicted molar refractivity (Wildman–Crippen MR) is 25.3 cm³/mol. The molecule has 0 spiro atoms. The maximum Gasteiger partial charge on any atom is 0.510 e. The highest BCUT2D eigenvalue weighted by atomic mass is 16.8. The molecule has 1 aliphatic rings. The van der Waals surface area contributed by atoms with Gasteiger partial charge in [0.25, 0.3) is 0 Å². The molecule has 1 rings (SSSR count). The Kier molecular flexibility index (Phi) is 1.34. The van der Waals surface area contributed by atoms with Crippen LogP contribution in [-0.2, 0) is 9.47 Å². The molecule has 46 valence electrons. The van der Waals surface area contributed by atoms with Gasteiger partial charge in [0.1, 0.15) is 6.61 Å². The molecule has 1 fully saturated rings. The van der Waals surface area contributed by atoms with Gasteiger partial charge >= 0.3 is 6.16 Å². The van der Waals surface area contributed by atoms with Crippen molar-refractivity contribution in [2.75, 3.05) is 13.7 Å². The number of hydrogen-bond donors (Lipinski definition) is 1. The lowest BCUT2D eigenvalue weighted by Crippen LogP contribution is -2.26. The molecule has 0 saturated carbocycles. The molecular formula is C4H7NO3. The van der Waals surface area contributed by atoms with Crippen molar-refractivity contribution in [2.45, 2.75) is 6.23 Å². The van der Waals surface area contributed by atoms with Crippen molar-refractivity contribution in [3.8, 4) is 0 Å². The number of carbonyl (C=O) groups is 1. The molecule has 0 aromatic rings. The van der Waals surface area contributed by atoms with Gasteiger partial charge in [-0.15, -0.1) is 0 Å². The molecule has 1 aliphatic heterocycles. The molecule has 1 atom stereocenters. The minimum absolute atomic E-state index is 0.248. The lowest BCUT2D eigenvalue weighted by atomic mass is 10.6. The Morgan fingerprint density at radius 3 is 2.88 bits per heavy atom. The molecule has 8 heavy (non-hydrogen) atoms. The Morgan fingerprint density at radius 2 is 2.62 bits per heavy atom. The van der Waals surface area contributed by atoms with Crippen LogP contribution in [0.2, 0.25) is 0 Å². The summed E-state index contributed by atoms with van der Waals surface area (Å²) in [6.07, 6.45) is -0.841. The number of ether oxygens (including phenoxy) is 2. The molecule has 0 aromatic carbocycles. The maximum atomic E-state index is 10.1. The van der Waals surface area contributed by atoms with E-state index in [-0.39, 0.29) is 6.23 Å². The van der Waals surface area contributed by atoms with Crippen LogP contribution in [0.25, 0.3) is 0 Å². The third-order valence-corrected chi connectivity index (χ3v) is 0.913. The van der Waals surface area contributed by atoms with E-state index >= 15 is 0 Å². The molecule has 4 heteroatoms. The van der Waals surface area contributed by atoms with Crippen LogP contribution in [0, 0.1) is 0 Å². The number of hydrogen-bond acceptors (Lipinski definition) is 4. The standard InChI is InChI=1S/C4H7NO3/c1-5-3-2-7-4(6)8-3/h3,5H,2H2,1H3. The average molecular weight is 117 g/mol. The number of carbonyl (C=O) groups excluding carboxylic acids is 1. The van der Waals surface area contributed by atoms with Crippen molar-refractivity contribution in [3.63, 3.8) is 0 Å². The van der Waals surface area contributed by atoms with E-state index in [2.05, 4.69) is 14.8 Å². The van der Waals surface area contributed by atoms with Crippen LogP contribution in [0.5, 0.6) is 0 Å². The number of cyclic esters (lactones) is 2. The van der Waals surface area contributed by atoms with Gasteiger partial charge < -0.3 is 9.47 Å². The van der Waals surface area contributed by atoms with Crippen LogP contribution in [0.3, 0.4) is 0 Å². The normalized spacial score (nSPS) is 27.1. The first-order chi connectivity index (χ1) is 3.83. The zero-order valence-electron chi connectivity index (χ0n) is 4.51. The summed E-state index contributed by atoms with van der Waals surface area (Å²) in [5.74, 6) is 0. The first-order valence-corrected chi connectivity index (χ1v) is 2.33. The summed E-state index contributed by atoms with van der Waals surface area (Å²) in [4.78, 5) is 10.1. The highest BCUT2D eigenvalue weighted by molar-refractivity contribution is 5.61. The van der Waals surface area contributed by atoms with Crippen molar-refractivity contribution < 1.29 is 14.3 Å². The van der Waals surface area contributed by atoms with Crippen LogP contribution < -0.4 is 5.32 Å². The van der Waals surface area contributed by atoms with Crippen LogP contribution in [0.15, 0.2) is 0 Å². The van der Waals surface area contributed by atoms with E-state index in [9.17, 15) is 4.79 Å².